The molecule has 0 bridgehead atoms. The third-order valence-electron chi connectivity index (χ3n) is 3.42. The molecule has 1 aromatic rings. The predicted octanol–water partition coefficient (Wildman–Crippen LogP) is 5.23. The van der Waals surface area contributed by atoms with Crippen molar-refractivity contribution in [1.29, 1.82) is 0 Å². The first-order chi connectivity index (χ1) is 10.4. The number of allylic oxidation sites excluding steroid dienone is 7. The minimum atomic E-state index is 1.02. The largest absolute Gasteiger partial charge is 0.272 e. The normalized spacial score (nSPS) is 11.7. The van der Waals surface area contributed by atoms with Gasteiger partial charge >= 0.3 is 0 Å². The zero-order chi connectivity index (χ0) is 16.7. The Morgan fingerprint density at radius 1 is 1.18 bits per heavy atom. The van der Waals surface area contributed by atoms with Gasteiger partial charge in [-0.15, -0.1) is 5.73 Å². The van der Waals surface area contributed by atoms with Crippen molar-refractivity contribution in [2.24, 2.45) is 7.05 Å². The van der Waals surface area contributed by atoms with E-state index in [1.54, 1.807) is 0 Å². The summed E-state index contributed by atoms with van der Waals surface area (Å²) in [7, 11) is 1.97. The van der Waals surface area contributed by atoms with Gasteiger partial charge in [0.2, 0.25) is 0 Å². The number of hydrogen-bond donors (Lipinski definition) is 0. The van der Waals surface area contributed by atoms with Crippen molar-refractivity contribution in [2.75, 3.05) is 0 Å². The molecule has 0 amide bonds. The van der Waals surface area contributed by atoms with E-state index in [0.29, 0.717) is 0 Å². The molecule has 0 unspecified atom stereocenters. The Labute approximate surface area is 134 Å². The zero-order valence-corrected chi connectivity index (χ0v) is 14.6. The van der Waals surface area contributed by atoms with E-state index >= 15 is 0 Å². The second kappa shape index (κ2) is 8.21. The molecular weight excluding hydrogens is 268 g/mol. The highest BCUT2D eigenvalue weighted by molar-refractivity contribution is 5.67. The molecule has 0 aliphatic carbocycles. The molecule has 22 heavy (non-hydrogen) atoms. The standard InChI is InChI=1S/C20H26N2/c1-8-10-11-19(13-12-15(3)4)18(9-2)14-20-16(5)21-22(7)17(20)6/h8-9,11-14H,2H2,1,3-7H3/b18-14+,19-13+. The van der Waals surface area contributed by atoms with E-state index in [2.05, 4.69) is 56.4 Å². The van der Waals surface area contributed by atoms with Gasteiger partial charge in [0, 0.05) is 18.3 Å². The summed E-state index contributed by atoms with van der Waals surface area (Å²) in [5.74, 6) is 0. The van der Waals surface area contributed by atoms with Crippen molar-refractivity contribution in [3.05, 3.63) is 76.4 Å². The van der Waals surface area contributed by atoms with E-state index in [1.165, 1.54) is 5.57 Å². The average molecular weight is 294 g/mol. The van der Waals surface area contributed by atoms with E-state index in [1.807, 2.05) is 43.8 Å². The minimum absolute atomic E-state index is 1.02. The molecule has 1 aromatic heterocycles. The van der Waals surface area contributed by atoms with Crippen LogP contribution in [0.15, 0.2) is 59.4 Å². The molecular formula is C20H26N2. The first-order valence-electron chi connectivity index (χ1n) is 7.47. The molecule has 116 valence electrons. The van der Waals surface area contributed by atoms with Crippen LogP contribution in [0.5, 0.6) is 0 Å². The van der Waals surface area contributed by atoms with Crippen LogP contribution >= 0.6 is 0 Å². The SMILES string of the molecule is C=CC(=C\c1c(C)nn(C)c1C)/C(C=C=CC)=C/C=C(C)C. The molecule has 0 fully saturated rings. The maximum absolute atomic E-state index is 4.47. The number of hydrogen-bond acceptors (Lipinski definition) is 1. The maximum Gasteiger partial charge on any atom is 0.0668 e. The molecule has 2 nitrogen and oxygen atoms in total. The Kier molecular flexibility index (Phi) is 6.62. The molecule has 1 rings (SSSR count). The lowest BCUT2D eigenvalue weighted by atomic mass is 10.0. The molecule has 2 heteroatoms. The van der Waals surface area contributed by atoms with Crippen LogP contribution in [0.3, 0.4) is 0 Å². The van der Waals surface area contributed by atoms with E-state index in [-0.39, 0.29) is 0 Å². The van der Waals surface area contributed by atoms with Crippen LogP contribution in [0.4, 0.5) is 0 Å². The van der Waals surface area contributed by atoms with Gasteiger partial charge in [0.1, 0.15) is 0 Å². The van der Waals surface area contributed by atoms with Crippen LogP contribution in [-0.2, 0) is 7.05 Å². The minimum Gasteiger partial charge on any atom is -0.272 e. The summed E-state index contributed by atoms with van der Waals surface area (Å²) in [4.78, 5) is 0. The zero-order valence-electron chi connectivity index (χ0n) is 14.6. The molecule has 0 saturated carbocycles. The van der Waals surface area contributed by atoms with Crippen LogP contribution in [0.25, 0.3) is 6.08 Å². The third kappa shape index (κ3) is 4.61. The van der Waals surface area contributed by atoms with Gasteiger partial charge in [-0.05, 0) is 64.0 Å². The molecule has 0 aliphatic rings. The van der Waals surface area contributed by atoms with Crippen LogP contribution < -0.4 is 0 Å². The molecule has 0 radical (unpaired) electrons. The van der Waals surface area contributed by atoms with Crippen molar-refractivity contribution in [3.63, 3.8) is 0 Å². The fourth-order valence-corrected chi connectivity index (χ4v) is 2.07. The highest BCUT2D eigenvalue weighted by atomic mass is 15.3. The number of aryl methyl sites for hydroxylation is 2. The van der Waals surface area contributed by atoms with Crippen LogP contribution in [-0.4, -0.2) is 9.78 Å². The number of aromatic nitrogens is 2. The van der Waals surface area contributed by atoms with E-state index in [0.717, 1.165) is 28.1 Å². The van der Waals surface area contributed by atoms with Gasteiger partial charge in [0.25, 0.3) is 0 Å². The molecule has 0 N–H and O–H groups in total. The fraction of sp³-hybridized carbons (Fsp3) is 0.300. The summed E-state index contributed by atoms with van der Waals surface area (Å²) < 4.78 is 1.91. The Hall–Kier alpha value is -2.31. The summed E-state index contributed by atoms with van der Waals surface area (Å²) in [5, 5.41) is 4.47. The van der Waals surface area contributed by atoms with Crippen molar-refractivity contribution >= 4 is 6.08 Å². The first-order valence-corrected chi connectivity index (χ1v) is 7.47. The second-order valence-electron chi connectivity index (χ2n) is 5.48. The predicted molar refractivity (Wildman–Crippen MR) is 96.7 cm³/mol. The Balaban J connectivity index is 3.45. The topological polar surface area (TPSA) is 17.8 Å². The van der Waals surface area contributed by atoms with Crippen LogP contribution in [0.1, 0.15) is 37.7 Å². The molecule has 0 spiro atoms. The van der Waals surface area contributed by atoms with Crippen molar-refractivity contribution in [1.82, 2.24) is 9.78 Å². The van der Waals surface area contributed by atoms with Gasteiger partial charge in [0.15, 0.2) is 0 Å². The number of nitrogens with zero attached hydrogens (tertiary/aromatic N) is 2. The smallest absolute Gasteiger partial charge is 0.0668 e. The summed E-state index contributed by atoms with van der Waals surface area (Å²) in [6.45, 7) is 14.2. The van der Waals surface area contributed by atoms with E-state index < -0.39 is 0 Å². The second-order valence-corrected chi connectivity index (χ2v) is 5.48. The van der Waals surface area contributed by atoms with Crippen molar-refractivity contribution in [2.45, 2.75) is 34.6 Å². The monoisotopic (exact) mass is 294 g/mol. The lowest BCUT2D eigenvalue weighted by molar-refractivity contribution is 0.731. The summed E-state index contributed by atoms with van der Waals surface area (Å²) in [5.41, 5.74) is 9.86. The van der Waals surface area contributed by atoms with Crippen molar-refractivity contribution in [3.8, 4) is 0 Å². The lowest BCUT2D eigenvalue weighted by Crippen LogP contribution is -1.92. The first kappa shape index (κ1) is 17.7. The van der Waals surface area contributed by atoms with Gasteiger partial charge in [-0.2, -0.15) is 5.10 Å². The fourth-order valence-electron chi connectivity index (χ4n) is 2.07. The lowest BCUT2D eigenvalue weighted by Gasteiger charge is -2.04. The molecule has 0 atom stereocenters. The summed E-state index contributed by atoms with van der Waals surface area (Å²) in [6.07, 6.45) is 12.1. The van der Waals surface area contributed by atoms with E-state index in [9.17, 15) is 0 Å². The van der Waals surface area contributed by atoms with Crippen LogP contribution in [0.2, 0.25) is 0 Å². The molecule has 1 heterocycles. The highest BCUT2D eigenvalue weighted by Gasteiger charge is 2.08. The van der Waals surface area contributed by atoms with Gasteiger partial charge < -0.3 is 0 Å². The molecule has 0 aliphatic heterocycles. The quantitative estimate of drug-likeness (QED) is 0.537. The Morgan fingerprint density at radius 2 is 1.86 bits per heavy atom. The van der Waals surface area contributed by atoms with Crippen LogP contribution in [0, 0.1) is 13.8 Å². The Bertz CT molecular complexity index is 696. The van der Waals surface area contributed by atoms with E-state index in [4.69, 9.17) is 0 Å². The average Bonchev–Trinajstić information content (AvgIpc) is 2.71. The van der Waals surface area contributed by atoms with Gasteiger partial charge in [-0.25, -0.2) is 0 Å². The third-order valence-corrected chi connectivity index (χ3v) is 3.42. The van der Waals surface area contributed by atoms with Crippen molar-refractivity contribution < 1.29 is 0 Å². The van der Waals surface area contributed by atoms with Gasteiger partial charge in [0.05, 0.1) is 5.69 Å². The molecule has 0 aromatic carbocycles. The Morgan fingerprint density at radius 3 is 2.32 bits per heavy atom. The molecule has 0 saturated heterocycles. The summed E-state index contributed by atoms with van der Waals surface area (Å²) >= 11 is 0. The summed E-state index contributed by atoms with van der Waals surface area (Å²) in [6, 6.07) is 0. The number of rotatable bonds is 5. The highest BCUT2D eigenvalue weighted by Crippen LogP contribution is 2.21. The maximum atomic E-state index is 4.47. The van der Waals surface area contributed by atoms with Gasteiger partial charge in [-0.1, -0.05) is 30.4 Å². The van der Waals surface area contributed by atoms with Gasteiger partial charge in [-0.3, -0.25) is 4.68 Å².